The van der Waals surface area contributed by atoms with Crippen LogP contribution in [0.2, 0.25) is 0 Å². The van der Waals surface area contributed by atoms with Crippen LogP contribution in [0.4, 0.5) is 4.39 Å². The minimum atomic E-state index is -0.730. The highest BCUT2D eigenvalue weighted by Crippen LogP contribution is 2.29. The quantitative estimate of drug-likeness (QED) is 0.824. The van der Waals surface area contributed by atoms with Crippen LogP contribution >= 0.6 is 0 Å². The molecule has 2 nitrogen and oxygen atoms in total. The molecule has 0 heterocycles. The molecule has 0 spiro atoms. The average molecular weight is 279 g/mol. The predicted octanol–water partition coefficient (Wildman–Crippen LogP) is 3.62. The molecule has 1 saturated carbocycles. The van der Waals surface area contributed by atoms with Gasteiger partial charge in [0.15, 0.2) is 0 Å². The van der Waals surface area contributed by atoms with E-state index in [4.69, 9.17) is 0 Å². The molecule has 3 heteroatoms. The number of benzene rings is 1. The summed E-state index contributed by atoms with van der Waals surface area (Å²) in [5.74, 6) is 0.550. The van der Waals surface area contributed by atoms with Crippen molar-refractivity contribution in [1.82, 2.24) is 4.90 Å². The van der Waals surface area contributed by atoms with Gasteiger partial charge in [-0.2, -0.15) is 0 Å². The number of hydrogen-bond acceptors (Lipinski definition) is 2. The smallest absolute Gasteiger partial charge is 0.129 e. The molecule has 112 valence electrons. The molecule has 2 rings (SSSR count). The normalized spacial score (nSPS) is 18.9. The molecule has 20 heavy (non-hydrogen) atoms. The minimum absolute atomic E-state index is 0.0342. The highest BCUT2D eigenvalue weighted by molar-refractivity contribution is 5.20. The van der Waals surface area contributed by atoms with Crippen LogP contribution in [-0.2, 0) is 0 Å². The third kappa shape index (κ3) is 3.80. The Bertz CT molecular complexity index is 419. The van der Waals surface area contributed by atoms with E-state index in [1.807, 2.05) is 6.92 Å². The molecule has 1 aromatic rings. The molecule has 2 atom stereocenters. The van der Waals surface area contributed by atoms with Crippen molar-refractivity contribution in [3.05, 3.63) is 35.6 Å². The molecule has 0 aromatic heterocycles. The van der Waals surface area contributed by atoms with Crippen molar-refractivity contribution >= 4 is 0 Å². The number of nitrogens with zero attached hydrogens (tertiary/aromatic N) is 1. The van der Waals surface area contributed by atoms with E-state index in [1.165, 1.54) is 25.3 Å². The summed E-state index contributed by atoms with van der Waals surface area (Å²) in [5, 5.41) is 10.4. The zero-order chi connectivity index (χ0) is 14.5. The lowest BCUT2D eigenvalue weighted by Gasteiger charge is -2.34. The van der Waals surface area contributed by atoms with Gasteiger partial charge in [0, 0.05) is 18.7 Å². The fourth-order valence-electron chi connectivity index (χ4n) is 2.90. The molecule has 1 aliphatic rings. The van der Waals surface area contributed by atoms with Gasteiger partial charge in [-0.05, 0) is 37.3 Å². The lowest BCUT2D eigenvalue weighted by atomic mass is 9.85. The van der Waals surface area contributed by atoms with Crippen LogP contribution in [0.1, 0.15) is 44.8 Å². The highest BCUT2D eigenvalue weighted by atomic mass is 19.1. The van der Waals surface area contributed by atoms with Crippen LogP contribution in [0, 0.1) is 17.7 Å². The maximum atomic E-state index is 13.7. The Labute approximate surface area is 121 Å². The summed E-state index contributed by atoms with van der Waals surface area (Å²) in [7, 11) is 0. The van der Waals surface area contributed by atoms with Gasteiger partial charge >= 0.3 is 0 Å². The van der Waals surface area contributed by atoms with Gasteiger partial charge in [-0.1, -0.05) is 38.5 Å². The van der Waals surface area contributed by atoms with Crippen molar-refractivity contribution in [3.8, 4) is 0 Å². The van der Waals surface area contributed by atoms with E-state index in [0.29, 0.717) is 5.56 Å². The lowest BCUT2D eigenvalue weighted by Crippen LogP contribution is -2.36. The predicted molar refractivity (Wildman–Crippen MR) is 80.0 cm³/mol. The summed E-state index contributed by atoms with van der Waals surface area (Å²) in [6, 6.07) is 6.53. The summed E-state index contributed by atoms with van der Waals surface area (Å²) >= 11 is 0. The molecule has 0 saturated heterocycles. The molecular formula is C17H26FNO. The van der Waals surface area contributed by atoms with Crippen LogP contribution in [-0.4, -0.2) is 29.6 Å². The Morgan fingerprint density at radius 1 is 1.35 bits per heavy atom. The van der Waals surface area contributed by atoms with E-state index in [0.717, 1.165) is 25.6 Å². The first-order valence-electron chi connectivity index (χ1n) is 7.76. The topological polar surface area (TPSA) is 23.5 Å². The molecule has 1 N–H and O–H groups in total. The third-order valence-electron chi connectivity index (χ3n) is 4.50. The Kier molecular flexibility index (Phi) is 5.55. The van der Waals surface area contributed by atoms with E-state index in [9.17, 15) is 9.50 Å². The van der Waals surface area contributed by atoms with Gasteiger partial charge in [-0.15, -0.1) is 0 Å². The van der Waals surface area contributed by atoms with Crippen LogP contribution in [0.5, 0.6) is 0 Å². The van der Waals surface area contributed by atoms with E-state index < -0.39 is 6.10 Å². The number of aliphatic hydroxyl groups excluding tert-OH is 1. The first kappa shape index (κ1) is 15.5. The Balaban J connectivity index is 1.92. The fraction of sp³-hybridized carbons (Fsp3) is 0.647. The van der Waals surface area contributed by atoms with E-state index >= 15 is 0 Å². The molecule has 1 aliphatic carbocycles. The van der Waals surface area contributed by atoms with Crippen LogP contribution in [0.15, 0.2) is 24.3 Å². The summed E-state index contributed by atoms with van der Waals surface area (Å²) in [5.41, 5.74) is 0.416. The molecule has 0 radical (unpaired) electrons. The lowest BCUT2D eigenvalue weighted by molar-refractivity contribution is 0.0758. The number of hydrogen-bond donors (Lipinski definition) is 1. The monoisotopic (exact) mass is 279 g/mol. The van der Waals surface area contributed by atoms with E-state index in [2.05, 4.69) is 11.8 Å². The van der Waals surface area contributed by atoms with Crippen molar-refractivity contribution in [2.45, 2.75) is 39.2 Å². The fourth-order valence-corrected chi connectivity index (χ4v) is 2.90. The summed E-state index contributed by atoms with van der Waals surface area (Å²) < 4.78 is 13.7. The van der Waals surface area contributed by atoms with Crippen molar-refractivity contribution < 1.29 is 9.50 Å². The number of halogens is 1. The SMILES string of the molecule is CCN(CC1CCC1)CC(C)C(O)c1ccccc1F. The first-order chi connectivity index (χ1) is 9.61. The van der Waals surface area contributed by atoms with E-state index in [-0.39, 0.29) is 11.7 Å². The van der Waals surface area contributed by atoms with Gasteiger partial charge in [0.25, 0.3) is 0 Å². The largest absolute Gasteiger partial charge is 0.388 e. The van der Waals surface area contributed by atoms with Gasteiger partial charge in [0.2, 0.25) is 0 Å². The minimum Gasteiger partial charge on any atom is -0.388 e. The van der Waals surface area contributed by atoms with Gasteiger partial charge < -0.3 is 10.0 Å². The standard InChI is InChI=1S/C17H26FNO/c1-3-19(12-14-7-6-8-14)11-13(2)17(20)15-9-4-5-10-16(15)18/h4-5,9-10,13-14,17,20H,3,6-8,11-12H2,1-2H3. The molecular weight excluding hydrogens is 253 g/mol. The zero-order valence-corrected chi connectivity index (χ0v) is 12.6. The maximum absolute atomic E-state index is 13.7. The Morgan fingerprint density at radius 2 is 2.05 bits per heavy atom. The summed E-state index contributed by atoms with van der Waals surface area (Å²) in [6.07, 6.45) is 3.29. The zero-order valence-electron chi connectivity index (χ0n) is 12.6. The third-order valence-corrected chi connectivity index (χ3v) is 4.50. The van der Waals surface area contributed by atoms with Crippen LogP contribution in [0.25, 0.3) is 0 Å². The van der Waals surface area contributed by atoms with Crippen LogP contribution in [0.3, 0.4) is 0 Å². The van der Waals surface area contributed by atoms with Crippen molar-refractivity contribution in [2.24, 2.45) is 11.8 Å². The highest BCUT2D eigenvalue weighted by Gasteiger charge is 2.24. The Hall–Kier alpha value is -0.930. The Morgan fingerprint density at radius 3 is 2.60 bits per heavy atom. The molecule has 0 amide bonds. The molecule has 0 bridgehead atoms. The molecule has 0 aliphatic heterocycles. The van der Waals surface area contributed by atoms with Crippen molar-refractivity contribution in [2.75, 3.05) is 19.6 Å². The summed E-state index contributed by atoms with van der Waals surface area (Å²) in [6.45, 7) is 7.08. The second-order valence-electron chi connectivity index (χ2n) is 6.09. The second kappa shape index (κ2) is 7.19. The molecule has 2 unspecified atom stereocenters. The van der Waals surface area contributed by atoms with Crippen molar-refractivity contribution in [1.29, 1.82) is 0 Å². The van der Waals surface area contributed by atoms with E-state index in [1.54, 1.807) is 18.2 Å². The van der Waals surface area contributed by atoms with Gasteiger partial charge in [0.05, 0.1) is 6.10 Å². The van der Waals surface area contributed by atoms with Crippen LogP contribution < -0.4 is 0 Å². The average Bonchev–Trinajstić information content (AvgIpc) is 2.40. The first-order valence-corrected chi connectivity index (χ1v) is 7.76. The van der Waals surface area contributed by atoms with Crippen molar-refractivity contribution in [3.63, 3.8) is 0 Å². The van der Waals surface area contributed by atoms with Gasteiger partial charge in [-0.3, -0.25) is 0 Å². The number of aliphatic hydroxyl groups is 1. The van der Waals surface area contributed by atoms with Gasteiger partial charge in [0.1, 0.15) is 5.82 Å². The molecule has 1 aromatic carbocycles. The summed E-state index contributed by atoms with van der Waals surface area (Å²) in [4.78, 5) is 2.39. The second-order valence-corrected chi connectivity index (χ2v) is 6.09. The maximum Gasteiger partial charge on any atom is 0.129 e. The van der Waals surface area contributed by atoms with Gasteiger partial charge in [-0.25, -0.2) is 4.39 Å². The molecule has 1 fully saturated rings. The number of rotatable bonds is 7.